The summed E-state index contributed by atoms with van der Waals surface area (Å²) in [5.41, 5.74) is 0. The van der Waals surface area contributed by atoms with Gasteiger partial charge in [-0.05, 0) is 19.5 Å². The van der Waals surface area contributed by atoms with E-state index in [2.05, 4.69) is 10.6 Å². The molecule has 0 saturated heterocycles. The highest BCUT2D eigenvalue weighted by Gasteiger charge is 2.20. The van der Waals surface area contributed by atoms with Crippen molar-refractivity contribution in [1.82, 2.24) is 10.6 Å². The third-order valence-electron chi connectivity index (χ3n) is 2.31. The van der Waals surface area contributed by atoms with Crippen LogP contribution in [0.25, 0.3) is 0 Å². The lowest BCUT2D eigenvalue weighted by atomic mass is 10.0. The summed E-state index contributed by atoms with van der Waals surface area (Å²) >= 11 is 5.91. The van der Waals surface area contributed by atoms with Gasteiger partial charge in [-0.25, -0.2) is 0 Å². The van der Waals surface area contributed by atoms with Crippen molar-refractivity contribution in [3.8, 4) is 0 Å². The van der Waals surface area contributed by atoms with Gasteiger partial charge in [0.05, 0.1) is 5.92 Å². The first-order valence-corrected chi connectivity index (χ1v) is 4.99. The van der Waals surface area contributed by atoms with Crippen LogP contribution in [0.3, 0.4) is 0 Å². The van der Waals surface area contributed by atoms with Gasteiger partial charge in [0.2, 0.25) is 5.91 Å². The van der Waals surface area contributed by atoms with Crippen LogP contribution >= 0.6 is 11.6 Å². The number of hydrogen-bond acceptors (Lipinski definition) is 2. The smallest absolute Gasteiger partial charge is 0.226 e. The molecule has 78 valence electrons. The number of carbonyl (C=O) groups excluding carboxylic acids is 1. The van der Waals surface area contributed by atoms with E-state index in [1.165, 1.54) is 0 Å². The molecule has 0 radical (unpaired) electrons. The van der Waals surface area contributed by atoms with Crippen LogP contribution in [0.4, 0.5) is 0 Å². The fraction of sp³-hybridized carbons (Fsp3) is 0.500. The third kappa shape index (κ3) is 2.86. The molecule has 0 aliphatic heterocycles. The summed E-state index contributed by atoms with van der Waals surface area (Å²) in [5, 5.41) is 6.37. The molecule has 0 saturated carbocycles. The molecular weight excluding hydrogens is 200 g/mol. The van der Waals surface area contributed by atoms with Crippen molar-refractivity contribution in [3.63, 3.8) is 0 Å². The standard InChI is InChI=1S/C10H15ClN2O/c1-12-9-4-3-8(11)5-7(6-9)10(14)13-2/h3-5,7,9,12H,6H2,1-2H3,(H,13,14). The Balaban J connectivity index is 2.77. The van der Waals surface area contributed by atoms with Gasteiger partial charge in [-0.1, -0.05) is 23.8 Å². The predicted octanol–water partition coefficient (Wildman–Crippen LogP) is 1.02. The second-order valence-corrected chi connectivity index (χ2v) is 3.70. The van der Waals surface area contributed by atoms with Crippen LogP contribution in [0.15, 0.2) is 23.3 Å². The maximum absolute atomic E-state index is 11.5. The highest BCUT2D eigenvalue weighted by Crippen LogP contribution is 2.19. The number of amides is 1. The fourth-order valence-corrected chi connectivity index (χ4v) is 1.68. The van der Waals surface area contributed by atoms with E-state index in [1.807, 2.05) is 19.2 Å². The van der Waals surface area contributed by atoms with Gasteiger partial charge in [-0.3, -0.25) is 4.79 Å². The highest BCUT2D eigenvalue weighted by molar-refractivity contribution is 6.31. The zero-order valence-corrected chi connectivity index (χ0v) is 9.14. The normalized spacial score (nSPS) is 26.6. The van der Waals surface area contributed by atoms with Gasteiger partial charge in [-0.15, -0.1) is 0 Å². The maximum atomic E-state index is 11.5. The quantitative estimate of drug-likeness (QED) is 0.721. The fourth-order valence-electron chi connectivity index (χ4n) is 1.46. The molecule has 1 amide bonds. The Morgan fingerprint density at radius 2 is 2.29 bits per heavy atom. The van der Waals surface area contributed by atoms with Gasteiger partial charge in [0.25, 0.3) is 0 Å². The van der Waals surface area contributed by atoms with Crippen LogP contribution < -0.4 is 10.6 Å². The van der Waals surface area contributed by atoms with E-state index < -0.39 is 0 Å². The average Bonchev–Trinajstić information content (AvgIpc) is 2.38. The van der Waals surface area contributed by atoms with Gasteiger partial charge >= 0.3 is 0 Å². The number of carbonyl (C=O) groups is 1. The average molecular weight is 215 g/mol. The molecule has 2 N–H and O–H groups in total. The van der Waals surface area contributed by atoms with Gasteiger partial charge < -0.3 is 10.6 Å². The maximum Gasteiger partial charge on any atom is 0.226 e. The Labute approximate surface area is 89.2 Å². The third-order valence-corrected chi connectivity index (χ3v) is 2.56. The van der Waals surface area contributed by atoms with Crippen LogP contribution in [0.5, 0.6) is 0 Å². The molecule has 0 aromatic heterocycles. The summed E-state index contributed by atoms with van der Waals surface area (Å²) in [7, 11) is 3.51. The van der Waals surface area contributed by atoms with Gasteiger partial charge in [-0.2, -0.15) is 0 Å². The molecular formula is C10H15ClN2O. The largest absolute Gasteiger partial charge is 0.359 e. The monoisotopic (exact) mass is 214 g/mol. The summed E-state index contributed by atoms with van der Waals surface area (Å²) in [4.78, 5) is 11.5. The van der Waals surface area contributed by atoms with E-state index in [1.54, 1.807) is 13.1 Å². The highest BCUT2D eigenvalue weighted by atomic mass is 35.5. The molecule has 1 aliphatic rings. The van der Waals surface area contributed by atoms with E-state index in [4.69, 9.17) is 11.6 Å². The van der Waals surface area contributed by atoms with Crippen LogP contribution in [0, 0.1) is 5.92 Å². The molecule has 1 rings (SSSR count). The minimum atomic E-state index is -0.153. The van der Waals surface area contributed by atoms with E-state index in [9.17, 15) is 4.79 Å². The van der Waals surface area contributed by atoms with Crippen molar-refractivity contribution in [3.05, 3.63) is 23.3 Å². The Bertz CT molecular complexity index is 273. The molecule has 2 atom stereocenters. The first kappa shape index (κ1) is 11.3. The van der Waals surface area contributed by atoms with Crippen LogP contribution in [-0.2, 0) is 4.79 Å². The van der Waals surface area contributed by atoms with Crippen molar-refractivity contribution >= 4 is 17.5 Å². The lowest BCUT2D eigenvalue weighted by Gasteiger charge is -2.15. The Morgan fingerprint density at radius 1 is 1.57 bits per heavy atom. The van der Waals surface area contributed by atoms with Crippen molar-refractivity contribution in [2.24, 2.45) is 5.92 Å². The minimum absolute atomic E-state index is 0.00657. The van der Waals surface area contributed by atoms with Crippen molar-refractivity contribution < 1.29 is 4.79 Å². The van der Waals surface area contributed by atoms with E-state index in [-0.39, 0.29) is 17.9 Å². The van der Waals surface area contributed by atoms with Crippen molar-refractivity contribution in [1.29, 1.82) is 0 Å². The van der Waals surface area contributed by atoms with E-state index in [0.717, 1.165) is 6.42 Å². The number of likely N-dealkylation sites (N-methyl/N-ethyl adjacent to an activating group) is 1. The second kappa shape index (κ2) is 5.17. The van der Waals surface area contributed by atoms with Crippen LogP contribution in [0.1, 0.15) is 6.42 Å². The SMILES string of the molecule is CNC(=O)C1C=C(Cl)C=CC(NC)C1. The van der Waals surface area contributed by atoms with Gasteiger partial charge in [0.1, 0.15) is 0 Å². The summed E-state index contributed by atoms with van der Waals surface area (Å²) in [5.74, 6) is -0.146. The number of rotatable bonds is 2. The Hall–Kier alpha value is -0.800. The van der Waals surface area contributed by atoms with Crippen molar-refractivity contribution in [2.45, 2.75) is 12.5 Å². The zero-order valence-electron chi connectivity index (χ0n) is 8.38. The molecule has 1 aliphatic carbocycles. The van der Waals surface area contributed by atoms with E-state index in [0.29, 0.717) is 5.03 Å². The number of halogens is 1. The second-order valence-electron chi connectivity index (χ2n) is 3.26. The molecule has 4 heteroatoms. The summed E-state index contributed by atoms with van der Waals surface area (Å²) in [6.07, 6.45) is 6.32. The Kier molecular flexibility index (Phi) is 4.17. The molecule has 0 aromatic carbocycles. The first-order chi connectivity index (χ1) is 6.67. The number of nitrogens with one attached hydrogen (secondary N) is 2. The van der Waals surface area contributed by atoms with Crippen LogP contribution in [0.2, 0.25) is 0 Å². The van der Waals surface area contributed by atoms with Crippen molar-refractivity contribution in [2.75, 3.05) is 14.1 Å². The molecule has 0 bridgehead atoms. The van der Waals surface area contributed by atoms with E-state index >= 15 is 0 Å². The summed E-state index contributed by atoms with van der Waals surface area (Å²) < 4.78 is 0. The number of allylic oxidation sites excluding steroid dienone is 2. The van der Waals surface area contributed by atoms with Gasteiger partial charge in [0, 0.05) is 18.1 Å². The van der Waals surface area contributed by atoms with Gasteiger partial charge in [0.15, 0.2) is 0 Å². The number of hydrogen-bond donors (Lipinski definition) is 2. The molecule has 0 aromatic rings. The molecule has 2 unspecified atom stereocenters. The topological polar surface area (TPSA) is 41.1 Å². The summed E-state index contributed by atoms with van der Waals surface area (Å²) in [6.45, 7) is 0. The first-order valence-electron chi connectivity index (χ1n) is 4.61. The Morgan fingerprint density at radius 3 is 2.86 bits per heavy atom. The predicted molar refractivity (Wildman–Crippen MR) is 58.1 cm³/mol. The lowest BCUT2D eigenvalue weighted by Crippen LogP contribution is -2.32. The lowest BCUT2D eigenvalue weighted by molar-refractivity contribution is -0.123. The molecule has 0 spiro atoms. The van der Waals surface area contributed by atoms with Crippen LogP contribution in [-0.4, -0.2) is 26.0 Å². The molecule has 3 nitrogen and oxygen atoms in total. The summed E-state index contributed by atoms with van der Waals surface area (Å²) in [6, 6.07) is 0.199. The molecule has 0 heterocycles. The molecule has 14 heavy (non-hydrogen) atoms. The molecule has 0 fully saturated rings. The minimum Gasteiger partial charge on any atom is -0.359 e. The zero-order chi connectivity index (χ0) is 10.6.